The number of guanidine groups is 1. The van der Waals surface area contributed by atoms with Crippen LogP contribution in [0.25, 0.3) is 0 Å². The van der Waals surface area contributed by atoms with Gasteiger partial charge < -0.3 is 16.2 Å². The van der Waals surface area contributed by atoms with Crippen molar-refractivity contribution in [2.45, 2.75) is 51.0 Å². The molecule has 1 unspecified atom stereocenters. The minimum Gasteiger partial charge on any atom is -0.396 e. The van der Waals surface area contributed by atoms with Crippen molar-refractivity contribution in [3.8, 4) is 0 Å². The Morgan fingerprint density at radius 2 is 2.04 bits per heavy atom. The standard InChI is InChI=1S/C17H28N4O.HI/c18-17(21-15-7-3-1-2-4-8-15)20-12-14(13-22)11-16-9-5-6-10-19-16;/h5-6,9-10,14-15,22H,1-4,7-8,11-13H2,(H3,18,20,21);1H. The zero-order valence-electron chi connectivity index (χ0n) is 13.7. The van der Waals surface area contributed by atoms with Crippen LogP contribution in [0.3, 0.4) is 0 Å². The lowest BCUT2D eigenvalue weighted by Gasteiger charge is -2.17. The molecule has 1 heterocycles. The van der Waals surface area contributed by atoms with E-state index in [0.717, 1.165) is 12.1 Å². The summed E-state index contributed by atoms with van der Waals surface area (Å²) >= 11 is 0. The van der Waals surface area contributed by atoms with Crippen molar-refractivity contribution in [2.24, 2.45) is 16.6 Å². The lowest BCUT2D eigenvalue weighted by Crippen LogP contribution is -2.40. The average Bonchev–Trinajstić information content (AvgIpc) is 2.81. The number of aliphatic hydroxyl groups excluding tert-OH is 1. The molecular weight excluding hydrogens is 403 g/mol. The molecule has 1 saturated carbocycles. The molecule has 23 heavy (non-hydrogen) atoms. The fraction of sp³-hybridized carbons (Fsp3) is 0.647. The van der Waals surface area contributed by atoms with Crippen molar-refractivity contribution in [1.29, 1.82) is 0 Å². The molecule has 0 spiro atoms. The van der Waals surface area contributed by atoms with Crippen LogP contribution in [0.15, 0.2) is 29.4 Å². The Morgan fingerprint density at radius 3 is 2.65 bits per heavy atom. The van der Waals surface area contributed by atoms with Gasteiger partial charge in [-0.15, -0.1) is 24.0 Å². The number of aliphatic hydroxyl groups is 1. The lowest BCUT2D eigenvalue weighted by molar-refractivity contribution is 0.229. The minimum absolute atomic E-state index is 0. The maximum absolute atomic E-state index is 9.50. The number of nitrogens with one attached hydrogen (secondary N) is 1. The van der Waals surface area contributed by atoms with Gasteiger partial charge in [0.15, 0.2) is 5.96 Å². The molecular formula is C17H29IN4O. The van der Waals surface area contributed by atoms with E-state index in [2.05, 4.69) is 15.3 Å². The predicted octanol–water partition coefficient (Wildman–Crippen LogP) is 2.48. The molecule has 1 aromatic rings. The molecule has 0 saturated heterocycles. The monoisotopic (exact) mass is 432 g/mol. The topological polar surface area (TPSA) is 83.5 Å². The van der Waals surface area contributed by atoms with Crippen LogP contribution < -0.4 is 11.1 Å². The van der Waals surface area contributed by atoms with Crippen LogP contribution >= 0.6 is 24.0 Å². The van der Waals surface area contributed by atoms with E-state index in [-0.39, 0.29) is 36.5 Å². The molecule has 0 amide bonds. The molecule has 130 valence electrons. The van der Waals surface area contributed by atoms with Crippen molar-refractivity contribution < 1.29 is 5.11 Å². The highest BCUT2D eigenvalue weighted by atomic mass is 127. The van der Waals surface area contributed by atoms with Gasteiger partial charge in [0.1, 0.15) is 0 Å². The normalized spacial score (nSPS) is 17.9. The third kappa shape index (κ3) is 7.97. The number of nitrogens with two attached hydrogens (primary N) is 1. The molecule has 1 aromatic heterocycles. The fourth-order valence-corrected chi connectivity index (χ4v) is 2.91. The molecule has 0 aliphatic heterocycles. The van der Waals surface area contributed by atoms with Crippen LogP contribution in [0.2, 0.25) is 0 Å². The molecule has 0 radical (unpaired) electrons. The highest BCUT2D eigenvalue weighted by Gasteiger charge is 2.13. The van der Waals surface area contributed by atoms with Gasteiger partial charge in [-0.2, -0.15) is 0 Å². The van der Waals surface area contributed by atoms with Gasteiger partial charge in [0.2, 0.25) is 0 Å². The molecule has 0 aromatic carbocycles. The van der Waals surface area contributed by atoms with Crippen molar-refractivity contribution in [2.75, 3.05) is 13.2 Å². The Labute approximate surface area is 156 Å². The Bertz CT molecular complexity index is 447. The van der Waals surface area contributed by atoms with Crippen molar-refractivity contribution in [3.63, 3.8) is 0 Å². The maximum Gasteiger partial charge on any atom is 0.188 e. The average molecular weight is 432 g/mol. The maximum atomic E-state index is 9.50. The van der Waals surface area contributed by atoms with E-state index in [1.807, 2.05) is 18.2 Å². The summed E-state index contributed by atoms with van der Waals surface area (Å²) < 4.78 is 0. The molecule has 4 N–H and O–H groups in total. The lowest BCUT2D eigenvalue weighted by atomic mass is 10.0. The Kier molecular flexibility index (Phi) is 10.2. The molecule has 1 fully saturated rings. The Balaban J connectivity index is 0.00000264. The summed E-state index contributed by atoms with van der Waals surface area (Å²) in [5.74, 6) is 0.566. The first kappa shape index (κ1) is 20.2. The zero-order valence-corrected chi connectivity index (χ0v) is 16.0. The van der Waals surface area contributed by atoms with E-state index < -0.39 is 0 Å². The summed E-state index contributed by atoms with van der Waals surface area (Å²) in [6.07, 6.45) is 10.0. The first-order valence-corrected chi connectivity index (χ1v) is 8.35. The molecule has 0 bridgehead atoms. The van der Waals surface area contributed by atoms with Gasteiger partial charge in [-0.3, -0.25) is 9.98 Å². The van der Waals surface area contributed by atoms with Crippen LogP contribution in [0.5, 0.6) is 0 Å². The number of rotatable bonds is 6. The first-order chi connectivity index (χ1) is 10.8. The predicted molar refractivity (Wildman–Crippen MR) is 105 cm³/mol. The van der Waals surface area contributed by atoms with Gasteiger partial charge in [-0.05, 0) is 31.4 Å². The van der Waals surface area contributed by atoms with Crippen LogP contribution in [-0.4, -0.2) is 35.2 Å². The van der Waals surface area contributed by atoms with E-state index in [1.165, 1.54) is 38.5 Å². The molecule has 1 atom stereocenters. The number of hydrogen-bond acceptors (Lipinski definition) is 3. The fourth-order valence-electron chi connectivity index (χ4n) is 2.91. The molecule has 1 aliphatic rings. The molecule has 1 aliphatic carbocycles. The highest BCUT2D eigenvalue weighted by Crippen LogP contribution is 2.17. The summed E-state index contributed by atoms with van der Waals surface area (Å²) in [7, 11) is 0. The largest absolute Gasteiger partial charge is 0.396 e. The number of aromatic nitrogens is 1. The van der Waals surface area contributed by atoms with Crippen LogP contribution in [0.1, 0.15) is 44.2 Å². The zero-order chi connectivity index (χ0) is 15.6. The minimum atomic E-state index is 0. The number of halogens is 1. The SMILES string of the molecule is I.NC(=NCC(CO)Cc1ccccn1)NC1CCCCCC1. The summed E-state index contributed by atoms with van der Waals surface area (Å²) in [6.45, 7) is 0.620. The second-order valence-electron chi connectivity index (χ2n) is 6.13. The van der Waals surface area contributed by atoms with Crippen LogP contribution in [0.4, 0.5) is 0 Å². The van der Waals surface area contributed by atoms with Gasteiger partial charge >= 0.3 is 0 Å². The van der Waals surface area contributed by atoms with Gasteiger partial charge in [-0.1, -0.05) is 31.7 Å². The van der Waals surface area contributed by atoms with Crippen molar-refractivity contribution in [3.05, 3.63) is 30.1 Å². The molecule has 6 heteroatoms. The van der Waals surface area contributed by atoms with E-state index >= 15 is 0 Å². The van der Waals surface area contributed by atoms with E-state index in [0.29, 0.717) is 18.5 Å². The van der Waals surface area contributed by atoms with Crippen molar-refractivity contribution >= 4 is 29.9 Å². The molecule has 5 nitrogen and oxygen atoms in total. The van der Waals surface area contributed by atoms with Gasteiger partial charge in [0.05, 0.1) is 0 Å². The van der Waals surface area contributed by atoms with Crippen LogP contribution in [0, 0.1) is 5.92 Å². The summed E-state index contributed by atoms with van der Waals surface area (Å²) in [5.41, 5.74) is 6.97. The third-order valence-corrected chi connectivity index (χ3v) is 4.21. The number of aliphatic imine (C=N–C) groups is 1. The van der Waals surface area contributed by atoms with Gasteiger partial charge in [-0.25, -0.2) is 0 Å². The number of nitrogens with zero attached hydrogens (tertiary/aromatic N) is 2. The van der Waals surface area contributed by atoms with E-state index in [9.17, 15) is 5.11 Å². The Morgan fingerprint density at radius 1 is 1.30 bits per heavy atom. The second-order valence-corrected chi connectivity index (χ2v) is 6.13. The van der Waals surface area contributed by atoms with Crippen molar-refractivity contribution in [1.82, 2.24) is 10.3 Å². The van der Waals surface area contributed by atoms with Gasteiger partial charge in [0.25, 0.3) is 0 Å². The number of hydrogen-bond donors (Lipinski definition) is 3. The van der Waals surface area contributed by atoms with Crippen LogP contribution in [-0.2, 0) is 6.42 Å². The second kappa shape index (κ2) is 11.6. The summed E-state index contributed by atoms with van der Waals surface area (Å²) in [5, 5.41) is 12.8. The summed E-state index contributed by atoms with van der Waals surface area (Å²) in [4.78, 5) is 8.70. The van der Waals surface area contributed by atoms with E-state index in [4.69, 9.17) is 5.73 Å². The highest BCUT2D eigenvalue weighted by molar-refractivity contribution is 14.0. The summed E-state index contributed by atoms with van der Waals surface area (Å²) in [6, 6.07) is 6.28. The smallest absolute Gasteiger partial charge is 0.188 e. The van der Waals surface area contributed by atoms with E-state index in [1.54, 1.807) is 6.20 Å². The quantitative estimate of drug-likeness (QED) is 0.279. The van der Waals surface area contributed by atoms with Gasteiger partial charge in [0, 0.05) is 37.0 Å². The first-order valence-electron chi connectivity index (χ1n) is 8.35. The Hall–Kier alpha value is -0.890. The number of pyridine rings is 1. The molecule has 2 rings (SSSR count). The third-order valence-electron chi connectivity index (χ3n) is 4.21.